The monoisotopic (exact) mass is 389 g/mol. The van der Waals surface area contributed by atoms with Crippen LogP contribution in [0.1, 0.15) is 65.2 Å². The van der Waals surface area contributed by atoms with Crippen LogP contribution < -0.4 is 10.9 Å². The van der Waals surface area contributed by atoms with Gasteiger partial charge in [-0.15, -0.1) is 0 Å². The minimum Gasteiger partial charge on any atom is -0.354 e. The summed E-state index contributed by atoms with van der Waals surface area (Å²) >= 11 is 5.32. The highest BCUT2D eigenvalue weighted by Crippen LogP contribution is 2.08. The zero-order valence-electron chi connectivity index (χ0n) is 16.4. The summed E-state index contributed by atoms with van der Waals surface area (Å²) in [6.45, 7) is 4.83. The minimum absolute atomic E-state index is 0.0482. The van der Waals surface area contributed by atoms with Gasteiger partial charge in [0.2, 0.25) is 5.91 Å². The first-order chi connectivity index (χ1) is 13.0. The van der Waals surface area contributed by atoms with Crippen molar-refractivity contribution in [1.82, 2.24) is 14.9 Å². The Kier molecular flexibility index (Phi) is 8.72. The number of hydrogen-bond donors (Lipinski definition) is 2. The molecule has 2 aromatic rings. The third-order valence-corrected chi connectivity index (χ3v) is 5.15. The molecule has 1 heterocycles. The summed E-state index contributed by atoms with van der Waals surface area (Å²) in [6.07, 6.45) is 7.72. The average Bonchev–Trinajstić information content (AvgIpc) is 2.64. The molecular weight excluding hydrogens is 358 g/mol. The molecule has 0 saturated heterocycles. The number of aromatic amines is 1. The number of carbonyl (C=O) groups is 1. The van der Waals surface area contributed by atoms with Crippen molar-refractivity contribution in [3.05, 3.63) is 39.4 Å². The van der Waals surface area contributed by atoms with Gasteiger partial charge in [0.1, 0.15) is 0 Å². The number of unbranched alkanes of at least 4 members (excludes halogenated alkanes) is 4. The van der Waals surface area contributed by atoms with Gasteiger partial charge in [-0.3, -0.25) is 14.2 Å². The van der Waals surface area contributed by atoms with Crippen molar-refractivity contribution in [3.8, 4) is 0 Å². The molecule has 0 radical (unpaired) electrons. The Hall–Kier alpha value is -1.95. The summed E-state index contributed by atoms with van der Waals surface area (Å²) in [5.41, 5.74) is 0.724. The average molecular weight is 390 g/mol. The Labute approximate surface area is 166 Å². The van der Waals surface area contributed by atoms with Crippen LogP contribution in [0.15, 0.2) is 29.1 Å². The summed E-state index contributed by atoms with van der Waals surface area (Å²) in [4.78, 5) is 27.7. The first kappa shape index (κ1) is 21.4. The Bertz CT molecular complexity index is 856. The lowest BCUT2D eigenvalue weighted by Gasteiger charge is -2.13. The van der Waals surface area contributed by atoms with Crippen LogP contribution in [0.3, 0.4) is 0 Å². The number of amides is 1. The van der Waals surface area contributed by atoms with Gasteiger partial charge in [0.15, 0.2) is 4.77 Å². The molecule has 1 amide bonds. The summed E-state index contributed by atoms with van der Waals surface area (Å²) in [7, 11) is 0. The van der Waals surface area contributed by atoms with Crippen molar-refractivity contribution >= 4 is 29.0 Å². The lowest BCUT2D eigenvalue weighted by atomic mass is 10.1. The Balaban J connectivity index is 1.74. The van der Waals surface area contributed by atoms with E-state index in [1.165, 1.54) is 19.3 Å². The molecular formula is C21H31N3O2S. The Morgan fingerprint density at radius 1 is 1.19 bits per heavy atom. The number of nitrogens with one attached hydrogen (secondary N) is 2. The molecule has 1 aromatic carbocycles. The topological polar surface area (TPSA) is 66.9 Å². The largest absolute Gasteiger partial charge is 0.354 e. The highest BCUT2D eigenvalue weighted by atomic mass is 32.1. The number of carbonyl (C=O) groups excluding carboxylic acids is 1. The van der Waals surface area contributed by atoms with Gasteiger partial charge in [-0.05, 0) is 50.5 Å². The Morgan fingerprint density at radius 3 is 2.74 bits per heavy atom. The second-order valence-electron chi connectivity index (χ2n) is 7.21. The van der Waals surface area contributed by atoms with Crippen molar-refractivity contribution in [2.24, 2.45) is 0 Å². The van der Waals surface area contributed by atoms with Gasteiger partial charge in [-0.1, -0.05) is 44.7 Å². The van der Waals surface area contributed by atoms with Crippen LogP contribution >= 0.6 is 12.2 Å². The van der Waals surface area contributed by atoms with Gasteiger partial charge in [0.05, 0.1) is 10.9 Å². The summed E-state index contributed by atoms with van der Waals surface area (Å²) in [6, 6.07) is 7.66. The van der Waals surface area contributed by atoms with Crippen molar-refractivity contribution in [2.75, 3.05) is 0 Å². The molecule has 6 heteroatoms. The smallest absolute Gasteiger partial charge is 0.262 e. The van der Waals surface area contributed by atoms with E-state index in [1.807, 2.05) is 24.3 Å². The van der Waals surface area contributed by atoms with E-state index >= 15 is 0 Å². The third-order valence-electron chi connectivity index (χ3n) is 4.82. The minimum atomic E-state index is -0.0482. The van der Waals surface area contributed by atoms with Crippen LogP contribution in [0.4, 0.5) is 0 Å². The van der Waals surface area contributed by atoms with Gasteiger partial charge < -0.3 is 10.3 Å². The highest BCUT2D eigenvalue weighted by molar-refractivity contribution is 7.71. The summed E-state index contributed by atoms with van der Waals surface area (Å²) in [5, 5.41) is 3.73. The highest BCUT2D eigenvalue weighted by Gasteiger charge is 2.08. The number of aromatic nitrogens is 2. The molecule has 0 saturated carbocycles. The van der Waals surface area contributed by atoms with Crippen LogP contribution in [0, 0.1) is 4.77 Å². The van der Waals surface area contributed by atoms with Gasteiger partial charge in [0, 0.05) is 19.0 Å². The molecule has 148 valence electrons. The number of benzene rings is 1. The standard InChI is InChI=1S/C21H31N3O2S/c1-3-4-6-11-16(2)22-19(25)14-7-5-10-15-24-20(26)17-12-8-9-13-18(17)23-21(24)27/h8-9,12-13,16H,3-7,10-11,14-15H2,1-2H3,(H,22,25)(H,23,27). The van der Waals surface area contributed by atoms with Crippen LogP contribution in [-0.4, -0.2) is 21.5 Å². The molecule has 27 heavy (non-hydrogen) atoms. The fourth-order valence-corrected chi connectivity index (χ4v) is 3.54. The number of H-pyrrole nitrogens is 1. The lowest BCUT2D eigenvalue weighted by Crippen LogP contribution is -2.32. The molecule has 0 fully saturated rings. The number of hydrogen-bond acceptors (Lipinski definition) is 3. The molecule has 1 aromatic heterocycles. The third kappa shape index (κ3) is 6.61. The van der Waals surface area contributed by atoms with Crippen LogP contribution in [0.5, 0.6) is 0 Å². The maximum absolute atomic E-state index is 12.6. The van der Waals surface area contributed by atoms with E-state index in [1.54, 1.807) is 4.57 Å². The van der Waals surface area contributed by atoms with Crippen LogP contribution in [-0.2, 0) is 11.3 Å². The first-order valence-electron chi connectivity index (χ1n) is 10.0. The maximum atomic E-state index is 12.6. The second kappa shape index (κ2) is 11.0. The van der Waals surface area contributed by atoms with Gasteiger partial charge in [0.25, 0.3) is 5.56 Å². The molecule has 1 atom stereocenters. The van der Waals surface area contributed by atoms with Crippen molar-refractivity contribution in [2.45, 2.75) is 77.8 Å². The zero-order chi connectivity index (χ0) is 19.6. The molecule has 2 N–H and O–H groups in total. The summed E-state index contributed by atoms with van der Waals surface area (Å²) in [5.74, 6) is 0.124. The SMILES string of the molecule is CCCCCC(C)NC(=O)CCCCCn1c(=S)[nH]c2ccccc2c1=O. The van der Waals surface area contributed by atoms with Gasteiger partial charge in [-0.2, -0.15) is 0 Å². The molecule has 0 spiro atoms. The molecule has 5 nitrogen and oxygen atoms in total. The first-order valence-corrected chi connectivity index (χ1v) is 10.4. The number of rotatable bonds is 11. The quantitative estimate of drug-likeness (QED) is 0.432. The van der Waals surface area contributed by atoms with E-state index in [0.29, 0.717) is 23.1 Å². The fraction of sp³-hybridized carbons (Fsp3) is 0.571. The van der Waals surface area contributed by atoms with E-state index in [9.17, 15) is 9.59 Å². The van der Waals surface area contributed by atoms with Gasteiger partial charge >= 0.3 is 0 Å². The van der Waals surface area contributed by atoms with E-state index in [4.69, 9.17) is 12.2 Å². The molecule has 2 rings (SSSR count). The Morgan fingerprint density at radius 2 is 1.96 bits per heavy atom. The van der Waals surface area contributed by atoms with Gasteiger partial charge in [-0.25, -0.2) is 0 Å². The predicted octanol–water partition coefficient (Wildman–Crippen LogP) is 4.70. The molecule has 0 bridgehead atoms. The van der Waals surface area contributed by atoms with Crippen molar-refractivity contribution in [3.63, 3.8) is 0 Å². The molecule has 0 aliphatic rings. The zero-order valence-corrected chi connectivity index (χ0v) is 17.2. The van der Waals surface area contributed by atoms with E-state index in [0.717, 1.165) is 31.2 Å². The van der Waals surface area contributed by atoms with Crippen LogP contribution in [0.25, 0.3) is 10.9 Å². The number of fused-ring (bicyclic) bond motifs is 1. The summed E-state index contributed by atoms with van der Waals surface area (Å²) < 4.78 is 2.07. The van der Waals surface area contributed by atoms with E-state index < -0.39 is 0 Å². The normalized spacial score (nSPS) is 12.2. The van der Waals surface area contributed by atoms with Crippen LogP contribution in [0.2, 0.25) is 0 Å². The molecule has 0 aliphatic heterocycles. The molecule has 0 aliphatic carbocycles. The molecule has 1 unspecified atom stereocenters. The van der Waals surface area contributed by atoms with E-state index in [-0.39, 0.29) is 17.5 Å². The number of para-hydroxylation sites is 1. The number of nitrogens with zero attached hydrogens (tertiary/aromatic N) is 1. The fourth-order valence-electron chi connectivity index (χ4n) is 3.25. The van der Waals surface area contributed by atoms with E-state index in [2.05, 4.69) is 24.1 Å². The predicted molar refractivity (Wildman–Crippen MR) is 114 cm³/mol. The lowest BCUT2D eigenvalue weighted by molar-refractivity contribution is -0.121. The van der Waals surface area contributed by atoms with Crippen molar-refractivity contribution in [1.29, 1.82) is 0 Å². The van der Waals surface area contributed by atoms with Crippen molar-refractivity contribution < 1.29 is 4.79 Å². The maximum Gasteiger partial charge on any atom is 0.262 e. The second-order valence-corrected chi connectivity index (χ2v) is 7.59.